The normalized spacial score (nSPS) is 20.5. The van der Waals surface area contributed by atoms with Gasteiger partial charge in [0.15, 0.2) is 5.11 Å². The van der Waals surface area contributed by atoms with E-state index in [4.69, 9.17) is 23.8 Å². The lowest BCUT2D eigenvalue weighted by Gasteiger charge is -2.41. The van der Waals surface area contributed by atoms with E-state index in [1.807, 2.05) is 12.1 Å². The zero-order valence-corrected chi connectivity index (χ0v) is 17.3. The zero-order chi connectivity index (χ0) is 19.5. The van der Waals surface area contributed by atoms with Crippen LogP contribution in [0.4, 0.5) is 11.4 Å². The molecule has 28 heavy (non-hydrogen) atoms. The second kappa shape index (κ2) is 8.32. The number of halogens is 1. The molecule has 2 aliphatic heterocycles. The smallest absolute Gasteiger partial charge is 0.189 e. The number of benzene rings is 1. The highest BCUT2D eigenvalue weighted by Gasteiger charge is 2.26. The number of nitrogens with one attached hydrogen (secondary N) is 2. The van der Waals surface area contributed by atoms with Gasteiger partial charge in [0.1, 0.15) is 5.69 Å². The van der Waals surface area contributed by atoms with Gasteiger partial charge in [-0.25, -0.2) is 0 Å². The molecule has 3 heterocycles. The fraction of sp³-hybridized carbons (Fsp3) is 0.350. The molecule has 0 aliphatic carbocycles. The summed E-state index contributed by atoms with van der Waals surface area (Å²) >= 11 is 11.7. The average Bonchev–Trinajstić information content (AvgIpc) is 2.72. The summed E-state index contributed by atoms with van der Waals surface area (Å²) < 4.78 is 0. The van der Waals surface area contributed by atoms with Crippen molar-refractivity contribution in [3.05, 3.63) is 53.3 Å². The number of hydrogen-bond acceptors (Lipinski definition) is 5. The van der Waals surface area contributed by atoms with E-state index in [0.717, 1.165) is 49.7 Å². The third-order valence-electron chi connectivity index (χ3n) is 5.10. The van der Waals surface area contributed by atoms with E-state index in [2.05, 4.69) is 61.8 Å². The highest BCUT2D eigenvalue weighted by atomic mass is 35.5. The number of nitrogens with zero attached hydrogens (tertiary/aromatic N) is 4. The molecule has 2 aliphatic rings. The van der Waals surface area contributed by atoms with Crippen molar-refractivity contribution >= 4 is 46.0 Å². The first kappa shape index (κ1) is 19.0. The van der Waals surface area contributed by atoms with Crippen LogP contribution in [0.1, 0.15) is 19.0 Å². The van der Waals surface area contributed by atoms with Gasteiger partial charge in [0.2, 0.25) is 0 Å². The second-order valence-corrected chi connectivity index (χ2v) is 7.85. The minimum atomic E-state index is 0.298. The van der Waals surface area contributed by atoms with Crippen LogP contribution in [0.2, 0.25) is 5.02 Å². The van der Waals surface area contributed by atoms with Gasteiger partial charge in [-0.15, -0.1) is 0 Å². The number of aromatic nitrogens is 1. The molecule has 1 aromatic heterocycles. The van der Waals surface area contributed by atoms with Crippen molar-refractivity contribution in [3.63, 3.8) is 0 Å². The molecule has 0 amide bonds. The Morgan fingerprint density at radius 1 is 1.32 bits per heavy atom. The van der Waals surface area contributed by atoms with Crippen molar-refractivity contribution in [3.8, 4) is 0 Å². The van der Waals surface area contributed by atoms with Crippen LogP contribution in [0.25, 0.3) is 0 Å². The summed E-state index contributed by atoms with van der Waals surface area (Å²) in [7, 11) is 0. The summed E-state index contributed by atoms with van der Waals surface area (Å²) in [6.07, 6.45) is 2.43. The number of anilines is 2. The zero-order valence-electron chi connectivity index (χ0n) is 15.7. The maximum Gasteiger partial charge on any atom is 0.189 e. The molecule has 2 N–H and O–H groups in total. The predicted octanol–water partition coefficient (Wildman–Crippen LogP) is 3.34. The Morgan fingerprint density at radius 3 is 2.93 bits per heavy atom. The molecule has 1 unspecified atom stereocenters. The van der Waals surface area contributed by atoms with Crippen LogP contribution >= 0.6 is 23.8 Å². The van der Waals surface area contributed by atoms with E-state index < -0.39 is 0 Å². The molecule has 1 saturated heterocycles. The van der Waals surface area contributed by atoms with Gasteiger partial charge in [-0.1, -0.05) is 29.8 Å². The van der Waals surface area contributed by atoms with Crippen LogP contribution in [0.5, 0.6) is 0 Å². The van der Waals surface area contributed by atoms with Crippen LogP contribution in [-0.2, 0) is 0 Å². The fourth-order valence-corrected chi connectivity index (χ4v) is 4.13. The Bertz CT molecular complexity index is 888. The second-order valence-electron chi connectivity index (χ2n) is 7.03. The van der Waals surface area contributed by atoms with Crippen molar-refractivity contribution in [1.82, 2.24) is 15.3 Å². The molecule has 6 nitrogen and oxygen atoms in total. The van der Waals surface area contributed by atoms with E-state index in [9.17, 15) is 0 Å². The lowest BCUT2D eigenvalue weighted by atomic mass is 10.1. The third kappa shape index (κ3) is 4.05. The van der Waals surface area contributed by atoms with Gasteiger partial charge in [0.25, 0.3) is 0 Å². The predicted molar refractivity (Wildman–Crippen MR) is 119 cm³/mol. The van der Waals surface area contributed by atoms with Gasteiger partial charge >= 0.3 is 0 Å². The van der Waals surface area contributed by atoms with E-state index in [0.29, 0.717) is 16.2 Å². The largest absolute Gasteiger partial charge is 0.383 e. The molecule has 1 aromatic carbocycles. The van der Waals surface area contributed by atoms with Crippen LogP contribution in [0.15, 0.2) is 47.7 Å². The first-order chi connectivity index (χ1) is 13.6. The number of para-hydroxylation sites is 1. The van der Waals surface area contributed by atoms with Crippen molar-refractivity contribution < 1.29 is 0 Å². The first-order valence-corrected chi connectivity index (χ1v) is 10.2. The summed E-state index contributed by atoms with van der Waals surface area (Å²) in [5, 5.41) is 9.14. The van der Waals surface area contributed by atoms with E-state index in [-0.39, 0.29) is 0 Å². The van der Waals surface area contributed by atoms with Crippen LogP contribution in [0.3, 0.4) is 0 Å². The number of piperazine rings is 1. The standard InChI is InChI=1S/C20H23ClN6S/c1-14-13-26(16-5-3-2-4-6-16)9-10-27(14)20(28)25-24-17-7-8-22-18-11-15(21)12-23-19(17)18/h2-6,11-12,14,22H,7-10,13H2,1H3,(H,25,28)/b24-17-. The lowest BCUT2D eigenvalue weighted by molar-refractivity contribution is 0.295. The molecule has 146 valence electrons. The van der Waals surface area contributed by atoms with Crippen molar-refractivity contribution in [1.29, 1.82) is 0 Å². The van der Waals surface area contributed by atoms with Gasteiger partial charge in [-0.05, 0) is 37.3 Å². The molecule has 2 aromatic rings. The summed E-state index contributed by atoms with van der Waals surface area (Å²) in [5.41, 5.74) is 6.97. The molecular weight excluding hydrogens is 392 g/mol. The molecular formula is C20H23ClN6S. The monoisotopic (exact) mass is 414 g/mol. The molecule has 1 atom stereocenters. The Labute approximate surface area is 175 Å². The lowest BCUT2D eigenvalue weighted by Crippen LogP contribution is -2.56. The first-order valence-electron chi connectivity index (χ1n) is 9.45. The fourth-order valence-electron chi connectivity index (χ4n) is 3.66. The highest BCUT2D eigenvalue weighted by Crippen LogP contribution is 2.23. The van der Waals surface area contributed by atoms with Crippen molar-refractivity contribution in [2.75, 3.05) is 36.4 Å². The van der Waals surface area contributed by atoms with E-state index in [1.165, 1.54) is 5.69 Å². The van der Waals surface area contributed by atoms with E-state index in [1.54, 1.807) is 6.20 Å². The van der Waals surface area contributed by atoms with Crippen LogP contribution < -0.4 is 15.6 Å². The molecule has 0 bridgehead atoms. The Hall–Kier alpha value is -2.38. The maximum atomic E-state index is 6.04. The number of hydrogen-bond donors (Lipinski definition) is 2. The molecule has 1 fully saturated rings. The maximum absolute atomic E-state index is 6.04. The third-order valence-corrected chi connectivity index (χ3v) is 5.63. The van der Waals surface area contributed by atoms with Crippen molar-refractivity contribution in [2.24, 2.45) is 5.10 Å². The Kier molecular flexibility index (Phi) is 5.64. The van der Waals surface area contributed by atoms with Gasteiger partial charge in [0.05, 0.1) is 16.4 Å². The topological polar surface area (TPSA) is 55.8 Å². The summed E-state index contributed by atoms with van der Waals surface area (Å²) in [5.74, 6) is 0. The number of pyridine rings is 1. The number of thiocarbonyl (C=S) groups is 1. The van der Waals surface area contributed by atoms with Gasteiger partial charge in [-0.3, -0.25) is 10.4 Å². The minimum absolute atomic E-state index is 0.298. The summed E-state index contributed by atoms with van der Waals surface area (Å²) in [4.78, 5) is 9.02. The number of rotatable bonds is 2. The minimum Gasteiger partial charge on any atom is -0.383 e. The summed E-state index contributed by atoms with van der Waals surface area (Å²) in [6, 6.07) is 12.7. The summed E-state index contributed by atoms with van der Waals surface area (Å²) in [6.45, 7) is 5.71. The molecule has 0 spiro atoms. The Balaban J connectivity index is 1.41. The van der Waals surface area contributed by atoms with Gasteiger partial charge < -0.3 is 15.1 Å². The van der Waals surface area contributed by atoms with Crippen LogP contribution in [-0.4, -0.2) is 52.9 Å². The number of hydrazone groups is 1. The molecule has 0 radical (unpaired) electrons. The van der Waals surface area contributed by atoms with Crippen molar-refractivity contribution in [2.45, 2.75) is 19.4 Å². The molecule has 0 saturated carbocycles. The SMILES string of the molecule is CC1CN(c2ccccc2)CCN1C(=S)N/N=C1/CCNc2cc(Cl)cnc21. The molecule has 8 heteroatoms. The Morgan fingerprint density at radius 2 is 2.14 bits per heavy atom. The average molecular weight is 415 g/mol. The molecule has 4 rings (SSSR count). The van der Waals surface area contributed by atoms with E-state index >= 15 is 0 Å². The van der Waals surface area contributed by atoms with Gasteiger partial charge in [-0.2, -0.15) is 5.10 Å². The van der Waals surface area contributed by atoms with Crippen LogP contribution in [0, 0.1) is 0 Å². The number of fused-ring (bicyclic) bond motifs is 1. The highest BCUT2D eigenvalue weighted by molar-refractivity contribution is 7.80. The van der Waals surface area contributed by atoms with Gasteiger partial charge in [0, 0.05) is 50.5 Å². The quantitative estimate of drug-likeness (QED) is 0.580.